The van der Waals surface area contributed by atoms with Gasteiger partial charge in [-0.15, -0.1) is 0 Å². The van der Waals surface area contributed by atoms with Gasteiger partial charge in [0.1, 0.15) is 37.1 Å². The van der Waals surface area contributed by atoms with Gasteiger partial charge in [-0.1, -0.05) is 260 Å². The summed E-state index contributed by atoms with van der Waals surface area (Å²) in [7, 11) is 0. The monoisotopic (exact) mass is 1410 g/mol. The number of para-hydroxylation sites is 3. The Bertz CT molecular complexity index is 5220. The molecule has 6 nitrogen and oxygen atoms in total. The van der Waals surface area contributed by atoms with Gasteiger partial charge in [-0.2, -0.15) is 0 Å². The quantitative estimate of drug-likeness (QED) is 0.0668. The molecule has 0 N–H and O–H groups in total. The highest BCUT2D eigenvalue weighted by atomic mass is 16.5. The third-order valence-corrected chi connectivity index (χ3v) is 23.0. The van der Waals surface area contributed by atoms with Crippen molar-refractivity contribution in [1.29, 1.82) is 0 Å². The molecule has 0 atom stereocenters. The molecule has 3 aliphatic rings. The summed E-state index contributed by atoms with van der Waals surface area (Å²) >= 11 is 0. The number of anilines is 9. The first-order valence-corrected chi connectivity index (χ1v) is 38.0. The van der Waals surface area contributed by atoms with E-state index in [1.54, 1.807) is 0 Å². The van der Waals surface area contributed by atoms with Crippen molar-refractivity contribution >= 4 is 51.2 Å². The van der Waals surface area contributed by atoms with Crippen molar-refractivity contribution in [2.24, 2.45) is 0 Å². The van der Waals surface area contributed by atoms with E-state index in [0.29, 0.717) is 19.8 Å². The topological polar surface area (TPSA) is 37.4 Å². The lowest BCUT2D eigenvalue weighted by atomic mass is 9.82. The molecule has 0 saturated heterocycles. The SMILES string of the molecule is CC1(C)c2ccccc2-c2ccc(N(c3ccccc3)c3ccc(COc4ccc(C(c5ccc(OCc6ccc(N(c7ccccc7)c7ccc8c(c7)C(C)(C)c7ccccc7-8)cc6)cc5)c5ccc(OCc6ccc(N(c7ccccc7)c7ccc8c(c7)C(C)(C)c7ccccc7-8)cc6)cc5)cc4)cc3)cc21. The lowest BCUT2D eigenvalue weighted by Gasteiger charge is -2.28. The molecule has 0 bridgehead atoms. The van der Waals surface area contributed by atoms with Crippen LogP contribution in [0.25, 0.3) is 33.4 Å². The van der Waals surface area contributed by atoms with Crippen LogP contribution in [0.5, 0.6) is 17.2 Å². The van der Waals surface area contributed by atoms with Gasteiger partial charge in [0, 0.05) is 73.3 Å². The summed E-state index contributed by atoms with van der Waals surface area (Å²) in [5, 5.41) is 0. The molecule has 0 aliphatic heterocycles. The Labute approximate surface area is 641 Å². The van der Waals surface area contributed by atoms with Crippen LogP contribution in [0, 0.1) is 0 Å². The van der Waals surface area contributed by atoms with Gasteiger partial charge in [-0.25, -0.2) is 0 Å². The van der Waals surface area contributed by atoms with E-state index < -0.39 is 0 Å². The van der Waals surface area contributed by atoms with Crippen LogP contribution in [0.2, 0.25) is 0 Å². The average Bonchev–Trinajstić information content (AvgIpc) is 1.59. The Kier molecular flexibility index (Phi) is 17.5. The molecule has 530 valence electrons. The molecule has 0 amide bonds. The summed E-state index contributed by atoms with van der Waals surface area (Å²) in [6, 6.07) is 131. The zero-order valence-electron chi connectivity index (χ0n) is 62.4. The summed E-state index contributed by atoms with van der Waals surface area (Å²) in [5.74, 6) is 2.28. The number of hydrogen-bond acceptors (Lipinski definition) is 6. The van der Waals surface area contributed by atoms with Crippen LogP contribution in [-0.2, 0) is 36.1 Å². The zero-order chi connectivity index (χ0) is 73.8. The largest absolute Gasteiger partial charge is 0.489 e. The standard InChI is InChI=1S/C103H85N3O3/c1-101(2)94-31-19-16-28-88(94)91-61-52-82(64-97(91)101)104(76-22-10-7-11-23-76)79-46-34-70(35-47-79)67-107-85-55-40-73(41-56-85)100(74-42-57-86(58-43-74)108-68-71-36-48-80(49-37-71)105(77-24-12-8-13-25-77)83-53-62-92-89-29-17-20-32-95(89)102(3,4)98(92)65-83)75-44-59-87(60-45-75)109-69-72-38-50-81(51-39-72)106(78-26-14-9-15-27-78)84-54-63-93-90-30-18-21-33-96(90)103(5,6)99(93)66-84/h7-66,100H,67-69H2,1-6H3. The van der Waals surface area contributed by atoms with Gasteiger partial charge in [0.25, 0.3) is 0 Å². The Hall–Kier alpha value is -12.9. The van der Waals surface area contributed by atoms with E-state index in [1.807, 2.05) is 0 Å². The number of ether oxygens (including phenoxy) is 3. The fraction of sp³-hybridized carbons (Fsp3) is 0.126. The molecule has 109 heavy (non-hydrogen) atoms. The molecule has 0 spiro atoms. The van der Waals surface area contributed by atoms with Gasteiger partial charge in [0.2, 0.25) is 0 Å². The van der Waals surface area contributed by atoms with Crippen LogP contribution in [0.4, 0.5) is 51.2 Å². The van der Waals surface area contributed by atoms with Crippen molar-refractivity contribution in [3.8, 4) is 50.6 Å². The van der Waals surface area contributed by atoms with Gasteiger partial charge in [-0.05, 0) is 246 Å². The van der Waals surface area contributed by atoms with E-state index in [4.69, 9.17) is 14.2 Å². The minimum atomic E-state index is -0.114. The van der Waals surface area contributed by atoms with Crippen molar-refractivity contribution in [2.45, 2.75) is 83.5 Å². The van der Waals surface area contributed by atoms with Crippen molar-refractivity contribution in [1.82, 2.24) is 0 Å². The number of benzene rings is 15. The normalized spacial score (nSPS) is 13.5. The minimum Gasteiger partial charge on any atom is -0.489 e. The van der Waals surface area contributed by atoms with Crippen molar-refractivity contribution in [3.63, 3.8) is 0 Å². The minimum absolute atomic E-state index is 0.108. The maximum absolute atomic E-state index is 6.60. The third-order valence-electron chi connectivity index (χ3n) is 23.0. The highest BCUT2D eigenvalue weighted by Crippen LogP contribution is 2.54. The van der Waals surface area contributed by atoms with E-state index in [1.165, 1.54) is 66.8 Å². The molecular formula is C103H85N3O3. The van der Waals surface area contributed by atoms with Gasteiger partial charge in [0.05, 0.1) is 0 Å². The lowest BCUT2D eigenvalue weighted by Crippen LogP contribution is -2.16. The molecular weight excluding hydrogens is 1330 g/mol. The highest BCUT2D eigenvalue weighted by Gasteiger charge is 2.39. The van der Waals surface area contributed by atoms with Crippen LogP contribution in [0.3, 0.4) is 0 Å². The summed E-state index contributed by atoms with van der Waals surface area (Å²) in [6.45, 7) is 15.3. The summed E-state index contributed by atoms with van der Waals surface area (Å²) in [6.07, 6.45) is 0. The maximum Gasteiger partial charge on any atom is 0.119 e. The van der Waals surface area contributed by atoms with Crippen molar-refractivity contribution < 1.29 is 14.2 Å². The van der Waals surface area contributed by atoms with E-state index in [2.05, 4.69) is 420 Å². The Balaban J connectivity index is 0.584. The van der Waals surface area contributed by atoms with E-state index in [-0.39, 0.29) is 22.2 Å². The van der Waals surface area contributed by atoms with Crippen molar-refractivity contribution in [2.75, 3.05) is 14.7 Å². The molecule has 0 radical (unpaired) electrons. The molecule has 0 fully saturated rings. The average molecular weight is 1410 g/mol. The van der Waals surface area contributed by atoms with E-state index in [9.17, 15) is 0 Å². The molecule has 15 aromatic rings. The second-order valence-corrected chi connectivity index (χ2v) is 30.7. The summed E-state index contributed by atoms with van der Waals surface area (Å²) in [4.78, 5) is 7.06. The number of rotatable bonds is 21. The Morgan fingerprint density at radius 3 is 0.697 bits per heavy atom. The van der Waals surface area contributed by atoms with E-state index >= 15 is 0 Å². The summed E-state index contributed by atoms with van der Waals surface area (Å²) in [5.41, 5.74) is 32.2. The third kappa shape index (κ3) is 12.8. The first kappa shape index (κ1) is 67.9. The number of nitrogens with zero attached hydrogens (tertiary/aromatic N) is 3. The van der Waals surface area contributed by atoms with Gasteiger partial charge in [0.15, 0.2) is 0 Å². The van der Waals surface area contributed by atoms with Crippen LogP contribution < -0.4 is 28.9 Å². The Morgan fingerprint density at radius 1 is 0.211 bits per heavy atom. The predicted molar refractivity (Wildman–Crippen MR) is 449 cm³/mol. The smallest absolute Gasteiger partial charge is 0.119 e. The predicted octanol–water partition coefficient (Wildman–Crippen LogP) is 26.9. The first-order chi connectivity index (χ1) is 53.3. The maximum atomic E-state index is 6.60. The Morgan fingerprint density at radius 2 is 0.431 bits per heavy atom. The molecule has 0 unspecified atom stereocenters. The fourth-order valence-electron chi connectivity index (χ4n) is 17.1. The van der Waals surface area contributed by atoms with Crippen LogP contribution in [-0.4, -0.2) is 0 Å². The highest BCUT2D eigenvalue weighted by molar-refractivity contribution is 5.89. The summed E-state index contributed by atoms with van der Waals surface area (Å²) < 4.78 is 19.8. The van der Waals surface area contributed by atoms with Crippen LogP contribution in [0.15, 0.2) is 364 Å². The van der Waals surface area contributed by atoms with E-state index in [0.717, 1.165) is 102 Å². The molecule has 0 saturated carbocycles. The second kappa shape index (κ2) is 28.1. The zero-order valence-corrected chi connectivity index (χ0v) is 62.4. The molecule has 3 aliphatic carbocycles. The van der Waals surface area contributed by atoms with Gasteiger partial charge >= 0.3 is 0 Å². The van der Waals surface area contributed by atoms with Crippen LogP contribution in [0.1, 0.15) is 114 Å². The number of hydrogen-bond donors (Lipinski definition) is 0. The first-order valence-electron chi connectivity index (χ1n) is 38.0. The lowest BCUT2D eigenvalue weighted by molar-refractivity contribution is 0.306. The molecule has 15 aromatic carbocycles. The molecule has 0 aromatic heterocycles. The van der Waals surface area contributed by atoms with Gasteiger partial charge < -0.3 is 28.9 Å². The fourth-order valence-corrected chi connectivity index (χ4v) is 17.1. The molecule has 0 heterocycles. The molecule has 18 rings (SSSR count). The van der Waals surface area contributed by atoms with Crippen LogP contribution >= 0.6 is 0 Å². The number of fused-ring (bicyclic) bond motifs is 9. The van der Waals surface area contributed by atoms with Gasteiger partial charge in [-0.3, -0.25) is 0 Å². The van der Waals surface area contributed by atoms with Crippen molar-refractivity contribution in [3.05, 3.63) is 431 Å². The molecule has 6 heteroatoms. The second-order valence-electron chi connectivity index (χ2n) is 30.7.